The highest BCUT2D eigenvalue weighted by molar-refractivity contribution is 5.97. The van der Waals surface area contributed by atoms with E-state index in [0.717, 1.165) is 17.7 Å². The van der Waals surface area contributed by atoms with Gasteiger partial charge in [0.25, 0.3) is 0 Å². The van der Waals surface area contributed by atoms with Crippen molar-refractivity contribution in [3.8, 4) is 0 Å². The van der Waals surface area contributed by atoms with Gasteiger partial charge in [0.1, 0.15) is 0 Å². The van der Waals surface area contributed by atoms with Crippen LogP contribution in [0.2, 0.25) is 0 Å². The Morgan fingerprint density at radius 1 is 1.16 bits per heavy atom. The van der Waals surface area contributed by atoms with Gasteiger partial charge in [0, 0.05) is 29.8 Å². The molecule has 0 bridgehead atoms. The molecule has 5 heteroatoms. The lowest BCUT2D eigenvalue weighted by molar-refractivity contribution is -0.117. The first-order valence-corrected chi connectivity index (χ1v) is 8.47. The lowest BCUT2D eigenvalue weighted by atomic mass is 9.78. The summed E-state index contributed by atoms with van der Waals surface area (Å²) in [6, 6.07) is 15.4. The summed E-state index contributed by atoms with van der Waals surface area (Å²) in [6.07, 6.45) is 1.25. The van der Waals surface area contributed by atoms with Crippen molar-refractivity contribution in [2.75, 3.05) is 17.2 Å². The highest BCUT2D eigenvalue weighted by Crippen LogP contribution is 2.38. The third kappa shape index (κ3) is 4.18. The second-order valence-corrected chi connectivity index (χ2v) is 6.99. The number of nitrogens with one attached hydrogen (secondary N) is 3. The molecule has 3 rings (SSSR count). The number of amides is 3. The molecule has 1 aliphatic rings. The number of carbonyl (C=O) groups is 2. The predicted molar refractivity (Wildman–Crippen MR) is 99.9 cm³/mol. The van der Waals surface area contributed by atoms with Gasteiger partial charge in [-0.2, -0.15) is 0 Å². The van der Waals surface area contributed by atoms with E-state index in [1.807, 2.05) is 62.4 Å². The summed E-state index contributed by atoms with van der Waals surface area (Å²) >= 11 is 0. The van der Waals surface area contributed by atoms with Gasteiger partial charge in [0.05, 0.1) is 0 Å². The van der Waals surface area contributed by atoms with Gasteiger partial charge in [-0.25, -0.2) is 4.79 Å². The second-order valence-electron chi connectivity index (χ2n) is 6.99. The number of hydrogen-bond donors (Lipinski definition) is 3. The summed E-state index contributed by atoms with van der Waals surface area (Å²) in [5.41, 5.74) is 3.50. The average molecular weight is 337 g/mol. The van der Waals surface area contributed by atoms with Crippen LogP contribution in [0.25, 0.3) is 0 Å². The Morgan fingerprint density at radius 3 is 2.68 bits per heavy atom. The van der Waals surface area contributed by atoms with Crippen LogP contribution in [0.1, 0.15) is 31.4 Å². The second kappa shape index (κ2) is 6.97. The van der Waals surface area contributed by atoms with E-state index in [-0.39, 0.29) is 17.4 Å². The molecule has 0 atom stereocenters. The largest absolute Gasteiger partial charge is 0.338 e. The topological polar surface area (TPSA) is 70.2 Å². The quantitative estimate of drug-likeness (QED) is 0.796. The van der Waals surface area contributed by atoms with E-state index in [1.165, 1.54) is 5.56 Å². The minimum absolute atomic E-state index is 0.00182. The van der Waals surface area contributed by atoms with Gasteiger partial charge in [-0.3, -0.25) is 4.79 Å². The lowest BCUT2D eigenvalue weighted by Crippen LogP contribution is -2.33. The monoisotopic (exact) mass is 337 g/mol. The van der Waals surface area contributed by atoms with Crippen LogP contribution >= 0.6 is 0 Å². The molecule has 0 spiro atoms. The Morgan fingerprint density at radius 2 is 1.92 bits per heavy atom. The molecule has 1 aliphatic heterocycles. The number of rotatable bonds is 4. The molecule has 0 aliphatic carbocycles. The molecule has 0 fully saturated rings. The lowest BCUT2D eigenvalue weighted by Gasteiger charge is -2.32. The fraction of sp³-hybridized carbons (Fsp3) is 0.300. The van der Waals surface area contributed by atoms with Crippen molar-refractivity contribution in [3.63, 3.8) is 0 Å². The Hall–Kier alpha value is -2.82. The van der Waals surface area contributed by atoms with E-state index in [1.54, 1.807) is 0 Å². The standard InChI is InChI=1S/C20H23N3O2/c1-20(2)13-18(24)23-17-12-15(8-9-16(17)20)22-19(25)21-11-10-14-6-4-3-5-7-14/h3-9,12H,10-11,13H2,1-2H3,(H,23,24)(H2,21,22,25). The van der Waals surface area contributed by atoms with Crippen molar-refractivity contribution in [1.29, 1.82) is 0 Å². The summed E-state index contributed by atoms with van der Waals surface area (Å²) in [4.78, 5) is 23.9. The number of benzene rings is 2. The molecule has 1 heterocycles. The molecule has 3 N–H and O–H groups in total. The molecule has 0 aromatic heterocycles. The first-order valence-electron chi connectivity index (χ1n) is 8.47. The molecular weight excluding hydrogens is 314 g/mol. The molecule has 2 aromatic carbocycles. The summed E-state index contributed by atoms with van der Waals surface area (Å²) in [7, 11) is 0. The number of urea groups is 1. The number of anilines is 2. The van der Waals surface area contributed by atoms with Crippen LogP contribution in [0.5, 0.6) is 0 Å². The van der Waals surface area contributed by atoms with Gasteiger partial charge >= 0.3 is 6.03 Å². The van der Waals surface area contributed by atoms with E-state index in [9.17, 15) is 9.59 Å². The van der Waals surface area contributed by atoms with Gasteiger partial charge in [-0.1, -0.05) is 50.2 Å². The maximum Gasteiger partial charge on any atom is 0.319 e. The van der Waals surface area contributed by atoms with Crippen LogP contribution in [0.3, 0.4) is 0 Å². The van der Waals surface area contributed by atoms with Crippen LogP contribution < -0.4 is 16.0 Å². The van der Waals surface area contributed by atoms with Crippen molar-refractivity contribution >= 4 is 23.3 Å². The van der Waals surface area contributed by atoms with Crippen LogP contribution in [-0.4, -0.2) is 18.5 Å². The fourth-order valence-corrected chi connectivity index (χ4v) is 3.15. The molecular formula is C20H23N3O2. The molecule has 0 unspecified atom stereocenters. The van der Waals surface area contributed by atoms with E-state index in [4.69, 9.17) is 0 Å². The van der Waals surface area contributed by atoms with Crippen molar-refractivity contribution in [2.45, 2.75) is 32.1 Å². The molecule has 25 heavy (non-hydrogen) atoms. The molecule has 0 saturated carbocycles. The molecule has 0 saturated heterocycles. The number of carbonyl (C=O) groups excluding carboxylic acids is 2. The molecule has 5 nitrogen and oxygen atoms in total. The van der Waals surface area contributed by atoms with Crippen molar-refractivity contribution in [2.24, 2.45) is 0 Å². The van der Waals surface area contributed by atoms with Crippen LogP contribution in [0.4, 0.5) is 16.2 Å². The SMILES string of the molecule is CC1(C)CC(=O)Nc2cc(NC(=O)NCCc3ccccc3)ccc21. The van der Waals surface area contributed by atoms with Gasteiger partial charge < -0.3 is 16.0 Å². The maximum atomic E-state index is 12.1. The Labute approximate surface area is 147 Å². The van der Waals surface area contributed by atoms with Crippen molar-refractivity contribution in [3.05, 3.63) is 59.7 Å². The fourth-order valence-electron chi connectivity index (χ4n) is 3.15. The minimum atomic E-state index is -0.253. The van der Waals surface area contributed by atoms with Crippen molar-refractivity contribution < 1.29 is 9.59 Å². The Kier molecular flexibility index (Phi) is 4.74. The number of hydrogen-bond acceptors (Lipinski definition) is 2. The first-order chi connectivity index (χ1) is 11.9. The van der Waals surface area contributed by atoms with Gasteiger partial charge in [-0.15, -0.1) is 0 Å². The third-order valence-electron chi connectivity index (χ3n) is 4.43. The van der Waals surface area contributed by atoms with Crippen LogP contribution in [0, 0.1) is 0 Å². The molecule has 3 amide bonds. The van der Waals surface area contributed by atoms with E-state index in [2.05, 4.69) is 16.0 Å². The highest BCUT2D eigenvalue weighted by Gasteiger charge is 2.31. The van der Waals surface area contributed by atoms with Gasteiger partial charge in [-0.05, 0) is 29.7 Å². The minimum Gasteiger partial charge on any atom is -0.338 e. The van der Waals surface area contributed by atoms with Crippen molar-refractivity contribution in [1.82, 2.24) is 5.32 Å². The van der Waals surface area contributed by atoms with Gasteiger partial charge in [0.15, 0.2) is 0 Å². The highest BCUT2D eigenvalue weighted by atomic mass is 16.2. The van der Waals surface area contributed by atoms with Crippen LogP contribution in [0.15, 0.2) is 48.5 Å². The third-order valence-corrected chi connectivity index (χ3v) is 4.43. The molecule has 2 aromatic rings. The zero-order chi connectivity index (χ0) is 17.9. The zero-order valence-electron chi connectivity index (χ0n) is 14.6. The zero-order valence-corrected chi connectivity index (χ0v) is 14.6. The predicted octanol–water partition coefficient (Wildman–Crippen LogP) is 3.67. The molecule has 130 valence electrons. The number of fused-ring (bicyclic) bond motifs is 1. The first kappa shape index (κ1) is 17.0. The summed E-state index contributed by atoms with van der Waals surface area (Å²) in [5.74, 6) is 0.00182. The van der Waals surface area contributed by atoms with E-state index >= 15 is 0 Å². The average Bonchev–Trinajstić information content (AvgIpc) is 2.54. The Balaban J connectivity index is 1.59. The Bertz CT molecular complexity index is 785. The van der Waals surface area contributed by atoms with E-state index in [0.29, 0.717) is 18.7 Å². The van der Waals surface area contributed by atoms with Gasteiger partial charge in [0.2, 0.25) is 5.91 Å². The maximum absolute atomic E-state index is 12.1. The molecule has 0 radical (unpaired) electrons. The smallest absolute Gasteiger partial charge is 0.319 e. The summed E-state index contributed by atoms with van der Waals surface area (Å²) in [5, 5.41) is 8.55. The normalized spacial score (nSPS) is 15.0. The summed E-state index contributed by atoms with van der Waals surface area (Å²) in [6.45, 7) is 4.66. The van der Waals surface area contributed by atoms with E-state index < -0.39 is 0 Å². The summed E-state index contributed by atoms with van der Waals surface area (Å²) < 4.78 is 0. The van der Waals surface area contributed by atoms with Crippen LogP contribution in [-0.2, 0) is 16.6 Å².